The molecule has 7 nitrogen and oxygen atoms in total. The Kier molecular flexibility index (Phi) is 8.83. The zero-order valence-corrected chi connectivity index (χ0v) is 17.9. The maximum absolute atomic E-state index is 12.5. The number of rotatable bonds is 7. The molecule has 2 heterocycles. The fourth-order valence-corrected chi connectivity index (χ4v) is 4.02. The van der Waals surface area contributed by atoms with Crippen LogP contribution in [0.15, 0.2) is 4.99 Å². The summed E-state index contributed by atoms with van der Waals surface area (Å²) in [6, 6.07) is 1.14. The molecule has 0 aromatic heterocycles. The third-order valence-corrected chi connectivity index (χ3v) is 5.51. The van der Waals surface area contributed by atoms with E-state index in [0.29, 0.717) is 12.1 Å². The van der Waals surface area contributed by atoms with Crippen molar-refractivity contribution < 1.29 is 9.53 Å². The van der Waals surface area contributed by atoms with E-state index in [2.05, 4.69) is 47.8 Å². The van der Waals surface area contributed by atoms with Crippen LogP contribution in [0.5, 0.6) is 0 Å². The van der Waals surface area contributed by atoms with Crippen LogP contribution in [0.1, 0.15) is 47.0 Å². The molecule has 0 aromatic carbocycles. The number of aliphatic imine (C=N–C) groups is 1. The van der Waals surface area contributed by atoms with Gasteiger partial charge in [-0.2, -0.15) is 0 Å². The van der Waals surface area contributed by atoms with Crippen molar-refractivity contribution in [2.24, 2.45) is 4.99 Å². The second-order valence-corrected chi connectivity index (χ2v) is 8.07. The lowest BCUT2D eigenvalue weighted by atomic mass is 10.2. The zero-order chi connectivity index (χ0) is 19.8. The summed E-state index contributed by atoms with van der Waals surface area (Å²) in [5.41, 5.74) is 0. The normalized spacial score (nSPS) is 21.6. The van der Waals surface area contributed by atoms with Crippen LogP contribution in [-0.2, 0) is 9.53 Å². The van der Waals surface area contributed by atoms with Crippen molar-refractivity contribution in [3.63, 3.8) is 0 Å². The van der Waals surface area contributed by atoms with Gasteiger partial charge in [0.25, 0.3) is 5.91 Å². The smallest absolute Gasteiger partial charge is 0.251 e. The highest BCUT2D eigenvalue weighted by atomic mass is 16.5. The molecule has 2 fully saturated rings. The second kappa shape index (κ2) is 10.9. The lowest BCUT2D eigenvalue weighted by Crippen LogP contribution is -2.55. The maximum atomic E-state index is 12.5. The van der Waals surface area contributed by atoms with Crippen LogP contribution in [-0.4, -0.2) is 97.7 Å². The fourth-order valence-electron chi connectivity index (χ4n) is 4.02. The van der Waals surface area contributed by atoms with Crippen molar-refractivity contribution in [1.82, 2.24) is 20.0 Å². The molecule has 0 bridgehead atoms. The monoisotopic (exact) mass is 381 g/mol. The number of nitrogens with zero attached hydrogens (tertiary/aromatic N) is 4. The molecule has 1 N–H and O–H groups in total. The summed E-state index contributed by atoms with van der Waals surface area (Å²) < 4.78 is 5.54. The molecule has 0 aromatic rings. The van der Waals surface area contributed by atoms with E-state index in [9.17, 15) is 4.79 Å². The minimum absolute atomic E-state index is 0.164. The number of nitrogens with one attached hydrogen (secondary N) is 1. The van der Waals surface area contributed by atoms with Crippen LogP contribution in [0.4, 0.5) is 0 Å². The van der Waals surface area contributed by atoms with Gasteiger partial charge in [0.15, 0.2) is 5.96 Å². The Labute approximate surface area is 165 Å². The quantitative estimate of drug-likeness (QED) is 0.410. The highest BCUT2D eigenvalue weighted by Crippen LogP contribution is 2.16. The Hall–Kier alpha value is -1.34. The first-order chi connectivity index (χ1) is 12.9. The molecule has 2 aliphatic heterocycles. The van der Waals surface area contributed by atoms with E-state index < -0.39 is 0 Å². The molecule has 0 saturated carbocycles. The summed E-state index contributed by atoms with van der Waals surface area (Å²) in [5.74, 6) is 1.11. The van der Waals surface area contributed by atoms with Gasteiger partial charge in [-0.1, -0.05) is 0 Å². The van der Waals surface area contributed by atoms with Crippen LogP contribution in [0, 0.1) is 0 Å². The first kappa shape index (κ1) is 22.0. The Morgan fingerprint density at radius 1 is 1.15 bits per heavy atom. The minimum atomic E-state index is -0.209. The SMILES string of the molecule is CN=C(NCCCN(C(C)C)C(C)C)N1CCN(C(=O)C2CCCO2)CC1. The molecule has 2 aliphatic rings. The average Bonchev–Trinajstić information content (AvgIpc) is 3.18. The number of carbonyl (C=O) groups is 1. The van der Waals surface area contributed by atoms with Crippen LogP contribution >= 0.6 is 0 Å². The molecule has 7 heteroatoms. The van der Waals surface area contributed by atoms with E-state index in [1.807, 2.05) is 11.9 Å². The van der Waals surface area contributed by atoms with Gasteiger partial charge in [0.2, 0.25) is 0 Å². The predicted octanol–water partition coefficient (Wildman–Crippen LogP) is 1.39. The Morgan fingerprint density at radius 3 is 2.30 bits per heavy atom. The summed E-state index contributed by atoms with van der Waals surface area (Å²) >= 11 is 0. The number of ether oxygens (including phenoxy) is 1. The summed E-state index contributed by atoms with van der Waals surface area (Å²) in [5, 5.41) is 3.49. The van der Waals surface area contributed by atoms with Crippen LogP contribution in [0.25, 0.3) is 0 Å². The van der Waals surface area contributed by atoms with E-state index in [0.717, 1.165) is 71.1 Å². The second-order valence-electron chi connectivity index (χ2n) is 8.07. The Balaban J connectivity index is 1.71. The summed E-state index contributed by atoms with van der Waals surface area (Å²) in [4.78, 5) is 23.6. The Morgan fingerprint density at radius 2 is 1.78 bits per heavy atom. The van der Waals surface area contributed by atoms with Gasteiger partial charge in [-0.3, -0.25) is 14.7 Å². The largest absolute Gasteiger partial charge is 0.368 e. The number of hydrogen-bond donors (Lipinski definition) is 1. The molecule has 0 spiro atoms. The molecule has 0 radical (unpaired) electrons. The number of carbonyl (C=O) groups excluding carboxylic acids is 1. The first-order valence-electron chi connectivity index (χ1n) is 10.6. The first-order valence-corrected chi connectivity index (χ1v) is 10.6. The summed E-state index contributed by atoms with van der Waals surface area (Å²) in [6.45, 7) is 14.9. The third kappa shape index (κ3) is 6.35. The van der Waals surface area contributed by atoms with Gasteiger partial charge in [0.1, 0.15) is 6.10 Å². The molecule has 1 atom stereocenters. The minimum Gasteiger partial charge on any atom is -0.368 e. The Bertz CT molecular complexity index is 473. The number of guanidine groups is 1. The standard InChI is InChI=1S/C20H39N5O2/c1-16(2)25(17(3)4)10-7-9-22-20(21-5)24-13-11-23(12-14-24)19(26)18-8-6-15-27-18/h16-18H,6-15H2,1-5H3,(H,21,22). The van der Waals surface area contributed by atoms with Crippen molar-refractivity contribution in [3.8, 4) is 0 Å². The van der Waals surface area contributed by atoms with Crippen molar-refractivity contribution in [1.29, 1.82) is 0 Å². The van der Waals surface area contributed by atoms with Gasteiger partial charge in [0.05, 0.1) is 0 Å². The number of amides is 1. The van der Waals surface area contributed by atoms with Crippen molar-refractivity contribution >= 4 is 11.9 Å². The molecule has 2 rings (SSSR count). The van der Waals surface area contributed by atoms with Crippen molar-refractivity contribution in [2.45, 2.75) is 65.1 Å². The van der Waals surface area contributed by atoms with Gasteiger partial charge in [-0.15, -0.1) is 0 Å². The lowest BCUT2D eigenvalue weighted by Gasteiger charge is -2.37. The van der Waals surface area contributed by atoms with Crippen LogP contribution < -0.4 is 5.32 Å². The van der Waals surface area contributed by atoms with Gasteiger partial charge in [-0.25, -0.2) is 0 Å². The van der Waals surface area contributed by atoms with Gasteiger partial charge >= 0.3 is 0 Å². The molecule has 2 saturated heterocycles. The fraction of sp³-hybridized carbons (Fsp3) is 0.900. The molecule has 156 valence electrons. The molecule has 0 aliphatic carbocycles. The highest BCUT2D eigenvalue weighted by molar-refractivity contribution is 5.82. The summed E-state index contributed by atoms with van der Waals surface area (Å²) in [7, 11) is 1.83. The molecule has 27 heavy (non-hydrogen) atoms. The van der Waals surface area contributed by atoms with E-state index >= 15 is 0 Å². The third-order valence-electron chi connectivity index (χ3n) is 5.51. The van der Waals surface area contributed by atoms with Gasteiger partial charge < -0.3 is 19.9 Å². The predicted molar refractivity (Wildman–Crippen MR) is 110 cm³/mol. The zero-order valence-electron chi connectivity index (χ0n) is 17.9. The number of hydrogen-bond acceptors (Lipinski definition) is 4. The van der Waals surface area contributed by atoms with E-state index in [4.69, 9.17) is 4.74 Å². The van der Waals surface area contributed by atoms with Gasteiger partial charge in [0, 0.05) is 65.0 Å². The summed E-state index contributed by atoms with van der Waals surface area (Å²) in [6.07, 6.45) is 2.75. The molecule has 1 amide bonds. The average molecular weight is 382 g/mol. The van der Waals surface area contributed by atoms with Crippen LogP contribution in [0.2, 0.25) is 0 Å². The van der Waals surface area contributed by atoms with E-state index in [-0.39, 0.29) is 12.0 Å². The molecule has 1 unspecified atom stereocenters. The van der Waals surface area contributed by atoms with Crippen LogP contribution in [0.3, 0.4) is 0 Å². The maximum Gasteiger partial charge on any atom is 0.251 e. The number of piperazine rings is 1. The molecular weight excluding hydrogens is 342 g/mol. The van der Waals surface area contributed by atoms with Crippen molar-refractivity contribution in [3.05, 3.63) is 0 Å². The van der Waals surface area contributed by atoms with E-state index in [1.165, 1.54) is 0 Å². The highest BCUT2D eigenvalue weighted by Gasteiger charge is 2.30. The molecular formula is C20H39N5O2. The van der Waals surface area contributed by atoms with E-state index in [1.54, 1.807) is 0 Å². The topological polar surface area (TPSA) is 60.4 Å². The van der Waals surface area contributed by atoms with Crippen molar-refractivity contribution in [2.75, 3.05) is 52.9 Å². The lowest BCUT2D eigenvalue weighted by molar-refractivity contribution is -0.142. The van der Waals surface area contributed by atoms with Gasteiger partial charge in [-0.05, 0) is 47.0 Å².